The molecule has 0 saturated heterocycles. The Balaban J connectivity index is 1.25. The summed E-state index contributed by atoms with van der Waals surface area (Å²) in [6, 6.07) is 73.2. The molecule has 0 spiro atoms. The van der Waals surface area contributed by atoms with Crippen LogP contribution >= 0.6 is 0 Å². The second-order valence-corrected chi connectivity index (χ2v) is 18.4. The van der Waals surface area contributed by atoms with Crippen LogP contribution in [-0.4, -0.2) is 9.13 Å². The van der Waals surface area contributed by atoms with Gasteiger partial charge in [0.15, 0.2) is 0 Å². The minimum absolute atomic E-state index is 0.00857. The van der Waals surface area contributed by atoms with E-state index in [1.54, 1.807) is 60.7 Å². The maximum atomic E-state index is 15.2. The van der Waals surface area contributed by atoms with Crippen LogP contribution in [0.5, 0.6) is 0 Å². The fourth-order valence-electron chi connectivity index (χ4n) is 10.4. The molecule has 0 unspecified atom stereocenters. The third kappa shape index (κ3) is 7.83. The Morgan fingerprint density at radius 2 is 0.605 bits per heavy atom. The summed E-state index contributed by atoms with van der Waals surface area (Å²) in [6.45, 7) is 0. The lowest BCUT2D eigenvalue weighted by Crippen LogP contribution is -2.09. The van der Waals surface area contributed by atoms with Crippen LogP contribution < -0.4 is 0 Å². The quantitative estimate of drug-likeness (QED) is 0.157. The molecule has 12 rings (SSSR count). The average Bonchev–Trinajstić information content (AvgIpc) is 4.07. The van der Waals surface area contributed by atoms with Crippen molar-refractivity contribution in [3.05, 3.63) is 240 Å². The van der Waals surface area contributed by atoms with Gasteiger partial charge >= 0.3 is 6.18 Å². The van der Waals surface area contributed by atoms with Gasteiger partial charge < -0.3 is 9.13 Å². The lowest BCUT2D eigenvalue weighted by Gasteiger charge is -2.21. The first kappa shape index (κ1) is 46.1. The van der Waals surface area contributed by atoms with Gasteiger partial charge in [0, 0.05) is 27.1 Å². The number of halogens is 3. The zero-order chi connectivity index (χ0) is 52.2. The zero-order valence-corrected chi connectivity index (χ0v) is 39.9. The van der Waals surface area contributed by atoms with Crippen LogP contribution in [0.25, 0.3) is 111 Å². The van der Waals surface area contributed by atoms with Gasteiger partial charge in [-0.25, -0.2) is 0 Å². The first-order chi connectivity index (χ1) is 37.0. The normalized spacial score (nSPS) is 11.3. The molecule has 10 aromatic carbocycles. The maximum absolute atomic E-state index is 15.2. The molecule has 0 aliphatic heterocycles. The molecule has 0 aliphatic rings. The van der Waals surface area contributed by atoms with Crippen LogP contribution in [0.4, 0.5) is 13.2 Å². The van der Waals surface area contributed by atoms with Crippen molar-refractivity contribution in [3.8, 4) is 97.4 Å². The van der Waals surface area contributed by atoms with E-state index in [1.165, 1.54) is 18.2 Å². The summed E-state index contributed by atoms with van der Waals surface area (Å²) in [5.41, 5.74) is 11.6. The summed E-state index contributed by atoms with van der Waals surface area (Å²) in [5, 5.41) is 53.3. The number of hydrogen-bond acceptors (Lipinski definition) is 5. The first-order valence-electron chi connectivity index (χ1n) is 24.0. The molecule has 0 atom stereocenters. The molecule has 2 heterocycles. The molecule has 0 bridgehead atoms. The Bertz CT molecular complexity index is 4360. The molecular weight excluding hydrogens is 948 g/mol. The molecule has 12 aromatic rings. The van der Waals surface area contributed by atoms with E-state index in [1.807, 2.05) is 109 Å². The first-order valence-corrected chi connectivity index (χ1v) is 24.0. The van der Waals surface area contributed by atoms with Crippen LogP contribution in [0.3, 0.4) is 0 Å². The summed E-state index contributed by atoms with van der Waals surface area (Å²) >= 11 is 0. The van der Waals surface area contributed by atoms with Crippen LogP contribution in [0.1, 0.15) is 33.4 Å². The lowest BCUT2D eigenvalue weighted by molar-refractivity contribution is -0.137. The van der Waals surface area contributed by atoms with Gasteiger partial charge in [0.2, 0.25) is 0 Å². The molecular formula is C66H34F3N7. The van der Waals surface area contributed by atoms with Gasteiger partial charge in [-0.1, -0.05) is 115 Å². The Kier molecular flexibility index (Phi) is 11.1. The summed E-state index contributed by atoms with van der Waals surface area (Å²) in [5.74, 6) is 0. The number of fused-ring (bicyclic) bond motifs is 6. The van der Waals surface area contributed by atoms with Crippen LogP contribution in [-0.2, 0) is 6.18 Å². The van der Waals surface area contributed by atoms with Crippen molar-refractivity contribution >= 4 is 43.6 Å². The number of nitriles is 5. The van der Waals surface area contributed by atoms with Crippen molar-refractivity contribution in [1.29, 1.82) is 26.3 Å². The SMILES string of the molecule is N#Cc1ccc(-c2ccc3c4ccc(-c5ccc(C#N)cc5)cc4n(-c4cc(C#N)c(-c5ccccc5C(F)(F)F)cc4-n4c5cc(-c6ccc(C#N)cc6)ccc5c5ccc(-c6ccc(C#N)cc6)cc54)c3c2)cc1. The van der Waals surface area contributed by atoms with E-state index >= 15 is 13.2 Å². The van der Waals surface area contributed by atoms with E-state index in [0.29, 0.717) is 44.7 Å². The number of benzene rings is 10. The Labute approximate surface area is 433 Å². The molecule has 0 aliphatic carbocycles. The van der Waals surface area contributed by atoms with Crippen LogP contribution in [0.2, 0.25) is 0 Å². The van der Waals surface area contributed by atoms with E-state index < -0.39 is 11.7 Å². The summed E-state index contributed by atoms with van der Waals surface area (Å²) in [4.78, 5) is 0. The smallest absolute Gasteiger partial charge is 0.307 e. The van der Waals surface area contributed by atoms with Gasteiger partial charge in [0.1, 0.15) is 0 Å². The van der Waals surface area contributed by atoms with Gasteiger partial charge in [-0.15, -0.1) is 0 Å². The molecule has 0 N–H and O–H groups in total. The minimum atomic E-state index is -4.77. The van der Waals surface area contributed by atoms with Crippen molar-refractivity contribution in [1.82, 2.24) is 9.13 Å². The zero-order valence-electron chi connectivity index (χ0n) is 39.9. The Morgan fingerprint density at radius 3 is 0.908 bits per heavy atom. The summed E-state index contributed by atoms with van der Waals surface area (Å²) in [7, 11) is 0. The van der Waals surface area contributed by atoms with Gasteiger partial charge in [-0.3, -0.25) is 0 Å². The third-order valence-corrected chi connectivity index (χ3v) is 14.2. The third-order valence-electron chi connectivity index (χ3n) is 14.2. The molecule has 0 amide bonds. The second-order valence-electron chi connectivity index (χ2n) is 18.4. The van der Waals surface area contributed by atoms with Crippen molar-refractivity contribution < 1.29 is 13.2 Å². The predicted molar refractivity (Wildman–Crippen MR) is 291 cm³/mol. The minimum Gasteiger partial charge on any atom is -0.307 e. The average molecular weight is 982 g/mol. The van der Waals surface area contributed by atoms with E-state index in [2.05, 4.69) is 51.6 Å². The van der Waals surface area contributed by atoms with Gasteiger partial charge in [0.25, 0.3) is 0 Å². The second kappa shape index (κ2) is 18.3. The van der Waals surface area contributed by atoms with Crippen molar-refractivity contribution in [2.24, 2.45) is 0 Å². The molecule has 0 fully saturated rings. The van der Waals surface area contributed by atoms with Crippen molar-refractivity contribution in [3.63, 3.8) is 0 Å². The highest BCUT2D eigenvalue weighted by molar-refractivity contribution is 6.14. The Morgan fingerprint density at radius 1 is 0.303 bits per heavy atom. The van der Waals surface area contributed by atoms with Crippen molar-refractivity contribution in [2.45, 2.75) is 6.18 Å². The number of aromatic nitrogens is 2. The molecule has 0 saturated carbocycles. The van der Waals surface area contributed by atoms with Crippen LogP contribution in [0, 0.1) is 56.7 Å². The molecule has 10 heteroatoms. The topological polar surface area (TPSA) is 129 Å². The van der Waals surface area contributed by atoms with E-state index in [-0.39, 0.29) is 16.7 Å². The molecule has 2 aromatic heterocycles. The number of nitrogens with zero attached hydrogens (tertiary/aromatic N) is 7. The standard InChI is InChI=1S/C66H34F3N7/c67-66(68,69)59-4-2-1-3-53(59)58-34-65(76-62-31-50(46-17-9-42(37-72)10-18-46)23-27-56(62)57-28-24-51(32-63(57)76)47-19-11-43(38-73)12-20-47)64(33-52(58)39-74)75-60-29-48(44-13-5-40(35-70)6-14-44)21-25-54(60)55-26-22-49(30-61(55)75)45-15-7-41(36-71)8-16-45/h1-34H. The predicted octanol–water partition coefficient (Wildman–Crippen LogP) is 16.6. The molecule has 76 heavy (non-hydrogen) atoms. The molecule has 0 radical (unpaired) electrons. The number of alkyl halides is 3. The maximum Gasteiger partial charge on any atom is 0.417 e. The van der Waals surface area contributed by atoms with E-state index in [4.69, 9.17) is 0 Å². The fraction of sp³-hybridized carbons (Fsp3) is 0.0152. The Hall–Kier alpha value is -11.0. The van der Waals surface area contributed by atoms with Gasteiger partial charge in [-0.2, -0.15) is 39.5 Å². The molecule has 7 nitrogen and oxygen atoms in total. The summed E-state index contributed by atoms with van der Waals surface area (Å²) < 4.78 is 49.7. The van der Waals surface area contributed by atoms with Gasteiger partial charge in [-0.05, 0) is 141 Å². The number of rotatable bonds is 7. The van der Waals surface area contributed by atoms with Crippen molar-refractivity contribution in [2.75, 3.05) is 0 Å². The van der Waals surface area contributed by atoms with Gasteiger partial charge in [0.05, 0.1) is 97.2 Å². The molecule has 354 valence electrons. The number of hydrogen-bond donors (Lipinski definition) is 0. The van der Waals surface area contributed by atoms with Crippen LogP contribution in [0.15, 0.2) is 206 Å². The largest absolute Gasteiger partial charge is 0.417 e. The summed E-state index contributed by atoms with van der Waals surface area (Å²) in [6.07, 6.45) is -4.77. The van der Waals surface area contributed by atoms with E-state index in [0.717, 1.165) is 83.2 Å². The highest BCUT2D eigenvalue weighted by Gasteiger charge is 2.34. The lowest BCUT2D eigenvalue weighted by atomic mass is 9.94. The van der Waals surface area contributed by atoms with E-state index in [9.17, 15) is 26.3 Å². The highest BCUT2D eigenvalue weighted by Crippen LogP contribution is 2.46. The monoisotopic (exact) mass is 981 g/mol. The fourth-order valence-corrected chi connectivity index (χ4v) is 10.4. The highest BCUT2D eigenvalue weighted by atomic mass is 19.4.